The second-order valence-corrected chi connectivity index (χ2v) is 5.91. The second kappa shape index (κ2) is 8.70. The largest absolute Gasteiger partial charge is 0.493 e. The number of benzene rings is 1. The molecule has 0 aliphatic heterocycles. The first-order valence-electron chi connectivity index (χ1n) is 8.18. The van der Waals surface area contributed by atoms with E-state index in [-0.39, 0.29) is 24.1 Å². The van der Waals surface area contributed by atoms with Crippen LogP contribution < -0.4 is 14.8 Å². The summed E-state index contributed by atoms with van der Waals surface area (Å²) in [5.41, 5.74) is 0.669. The van der Waals surface area contributed by atoms with Gasteiger partial charge in [-0.05, 0) is 42.9 Å². The van der Waals surface area contributed by atoms with Crippen LogP contribution in [-0.4, -0.2) is 37.7 Å². The van der Waals surface area contributed by atoms with Crippen molar-refractivity contribution >= 4 is 6.03 Å². The lowest BCUT2D eigenvalue weighted by Gasteiger charge is -2.22. The third-order valence-corrected chi connectivity index (χ3v) is 3.84. The van der Waals surface area contributed by atoms with Gasteiger partial charge in [-0.15, -0.1) is 0 Å². The van der Waals surface area contributed by atoms with Gasteiger partial charge in [0.2, 0.25) is 0 Å². The zero-order chi connectivity index (χ0) is 17.5. The van der Waals surface area contributed by atoms with Gasteiger partial charge in [0, 0.05) is 19.6 Å². The van der Waals surface area contributed by atoms with Crippen LogP contribution in [0.25, 0.3) is 0 Å². The van der Waals surface area contributed by atoms with Crippen LogP contribution in [0.2, 0.25) is 0 Å². The molecule has 1 N–H and O–H groups in total. The summed E-state index contributed by atoms with van der Waals surface area (Å²) in [4.78, 5) is 14.1. The van der Waals surface area contributed by atoms with E-state index in [0.29, 0.717) is 18.0 Å². The van der Waals surface area contributed by atoms with Gasteiger partial charge in [0.05, 0.1) is 7.11 Å². The Hall–Kier alpha value is -2.05. The van der Waals surface area contributed by atoms with E-state index >= 15 is 0 Å². The summed E-state index contributed by atoms with van der Waals surface area (Å²) in [6, 6.07) is 4.59. The number of nitrogens with one attached hydrogen (secondary N) is 1. The Morgan fingerprint density at radius 2 is 2.12 bits per heavy atom. The van der Waals surface area contributed by atoms with Gasteiger partial charge < -0.3 is 19.7 Å². The molecule has 1 aliphatic carbocycles. The molecule has 7 heteroatoms. The number of alkyl halides is 2. The summed E-state index contributed by atoms with van der Waals surface area (Å²) in [5.74, 6) is 0.809. The molecule has 0 unspecified atom stereocenters. The molecule has 0 atom stereocenters. The number of ether oxygens (including phenoxy) is 2. The highest BCUT2D eigenvalue weighted by atomic mass is 19.3. The van der Waals surface area contributed by atoms with Gasteiger partial charge in [-0.25, -0.2) is 4.79 Å². The maximum Gasteiger partial charge on any atom is 0.387 e. The predicted octanol–water partition coefficient (Wildman–Crippen LogP) is 3.63. The van der Waals surface area contributed by atoms with Crippen LogP contribution in [0.4, 0.5) is 13.6 Å². The van der Waals surface area contributed by atoms with Crippen molar-refractivity contribution in [2.45, 2.75) is 39.3 Å². The zero-order valence-electron chi connectivity index (χ0n) is 14.1. The molecule has 1 aromatic rings. The number of rotatable bonds is 9. The number of carbonyl (C=O) groups excluding carboxylic acids is 1. The van der Waals surface area contributed by atoms with E-state index in [2.05, 4.69) is 10.1 Å². The number of urea groups is 1. The summed E-state index contributed by atoms with van der Waals surface area (Å²) in [6.45, 7) is 0.840. The highest BCUT2D eigenvalue weighted by Crippen LogP contribution is 2.30. The summed E-state index contributed by atoms with van der Waals surface area (Å²) in [7, 11) is 1.38. The van der Waals surface area contributed by atoms with Crippen molar-refractivity contribution < 1.29 is 23.0 Å². The van der Waals surface area contributed by atoms with Crippen LogP contribution in [0.15, 0.2) is 18.2 Å². The quantitative estimate of drug-likeness (QED) is 0.746. The first-order chi connectivity index (χ1) is 11.5. The fraction of sp³-hybridized carbons (Fsp3) is 0.588. The van der Waals surface area contributed by atoms with Crippen molar-refractivity contribution in [2.24, 2.45) is 5.92 Å². The molecule has 1 aromatic carbocycles. The molecule has 0 bridgehead atoms. The van der Waals surface area contributed by atoms with E-state index in [1.165, 1.54) is 26.0 Å². The Morgan fingerprint density at radius 1 is 1.38 bits per heavy atom. The maximum atomic E-state index is 12.4. The molecule has 0 radical (unpaired) electrons. The van der Waals surface area contributed by atoms with Crippen LogP contribution in [0.5, 0.6) is 11.5 Å². The number of hydrogen-bond acceptors (Lipinski definition) is 3. The minimum atomic E-state index is -2.93. The van der Waals surface area contributed by atoms with Crippen molar-refractivity contribution in [3.63, 3.8) is 0 Å². The summed E-state index contributed by atoms with van der Waals surface area (Å²) < 4.78 is 34.3. The number of hydrogen-bond donors (Lipinski definition) is 1. The number of nitrogens with zero attached hydrogens (tertiary/aromatic N) is 1. The molecule has 2 amide bonds. The highest BCUT2D eigenvalue weighted by molar-refractivity contribution is 5.74. The number of carbonyl (C=O) groups is 1. The van der Waals surface area contributed by atoms with Gasteiger partial charge in [0.15, 0.2) is 11.5 Å². The zero-order valence-corrected chi connectivity index (χ0v) is 14.1. The molecule has 5 nitrogen and oxygen atoms in total. The fourth-order valence-corrected chi connectivity index (χ4v) is 2.47. The molecule has 0 spiro atoms. The summed E-state index contributed by atoms with van der Waals surface area (Å²) in [6.07, 6.45) is 3.26. The standard InChI is InChI=1S/C17H24F2N2O3/c1-3-8-21(11-12-4-5-12)17(22)20-10-13-6-7-14(23-2)15(9-13)24-16(18)19/h6-7,9,12,16H,3-5,8,10-11H2,1-2H3,(H,20,22). The Balaban J connectivity index is 1.95. The van der Waals surface area contributed by atoms with Crippen molar-refractivity contribution in [1.82, 2.24) is 10.2 Å². The van der Waals surface area contributed by atoms with Crippen LogP contribution in [0.1, 0.15) is 31.7 Å². The van der Waals surface area contributed by atoms with Crippen LogP contribution in [-0.2, 0) is 6.54 Å². The molecule has 0 aromatic heterocycles. The smallest absolute Gasteiger partial charge is 0.387 e. The van der Waals surface area contributed by atoms with Crippen LogP contribution in [0, 0.1) is 5.92 Å². The number of methoxy groups -OCH3 is 1. The van der Waals surface area contributed by atoms with E-state index in [4.69, 9.17) is 4.74 Å². The summed E-state index contributed by atoms with van der Waals surface area (Å²) >= 11 is 0. The van der Waals surface area contributed by atoms with Crippen LogP contribution >= 0.6 is 0 Å². The second-order valence-electron chi connectivity index (χ2n) is 5.91. The Labute approximate surface area is 140 Å². The topological polar surface area (TPSA) is 50.8 Å². The van der Waals surface area contributed by atoms with E-state index in [0.717, 1.165) is 13.0 Å². The average molecular weight is 342 g/mol. The summed E-state index contributed by atoms with van der Waals surface area (Å²) in [5, 5.41) is 2.84. The van der Waals surface area contributed by atoms with Crippen molar-refractivity contribution in [2.75, 3.05) is 20.2 Å². The fourth-order valence-electron chi connectivity index (χ4n) is 2.47. The third-order valence-electron chi connectivity index (χ3n) is 3.84. The molecule has 0 saturated heterocycles. The van der Waals surface area contributed by atoms with Crippen molar-refractivity contribution in [1.29, 1.82) is 0 Å². The monoisotopic (exact) mass is 342 g/mol. The number of amides is 2. The lowest BCUT2D eigenvalue weighted by molar-refractivity contribution is -0.0512. The van der Waals surface area contributed by atoms with Gasteiger partial charge >= 0.3 is 12.6 Å². The Morgan fingerprint density at radius 3 is 2.71 bits per heavy atom. The molecule has 1 fully saturated rings. The van der Waals surface area contributed by atoms with E-state index in [1.807, 2.05) is 11.8 Å². The Bertz CT molecular complexity index is 551. The molecule has 24 heavy (non-hydrogen) atoms. The minimum Gasteiger partial charge on any atom is -0.493 e. The molecular formula is C17H24F2N2O3. The minimum absolute atomic E-state index is 0.0392. The van der Waals surface area contributed by atoms with Crippen LogP contribution in [0.3, 0.4) is 0 Å². The van der Waals surface area contributed by atoms with Gasteiger partial charge in [-0.2, -0.15) is 8.78 Å². The average Bonchev–Trinajstić information content (AvgIpc) is 3.36. The highest BCUT2D eigenvalue weighted by Gasteiger charge is 2.26. The van der Waals surface area contributed by atoms with Gasteiger partial charge in [0.1, 0.15) is 0 Å². The Kier molecular flexibility index (Phi) is 6.63. The SMILES string of the molecule is CCCN(CC1CC1)C(=O)NCc1ccc(OC)c(OC(F)F)c1. The first kappa shape index (κ1) is 18.3. The lowest BCUT2D eigenvalue weighted by atomic mass is 10.2. The third kappa shape index (κ3) is 5.54. The normalized spacial score (nSPS) is 13.7. The molecular weight excluding hydrogens is 318 g/mol. The number of halogens is 2. The first-order valence-corrected chi connectivity index (χ1v) is 8.18. The van der Waals surface area contributed by atoms with Gasteiger partial charge in [0.25, 0.3) is 0 Å². The van der Waals surface area contributed by atoms with Crippen molar-refractivity contribution in [3.05, 3.63) is 23.8 Å². The molecule has 134 valence electrons. The van der Waals surface area contributed by atoms with Crippen molar-refractivity contribution in [3.8, 4) is 11.5 Å². The lowest BCUT2D eigenvalue weighted by Crippen LogP contribution is -2.41. The van der Waals surface area contributed by atoms with Gasteiger partial charge in [-0.1, -0.05) is 13.0 Å². The molecule has 1 saturated carbocycles. The van der Waals surface area contributed by atoms with Gasteiger partial charge in [-0.3, -0.25) is 0 Å². The predicted molar refractivity (Wildman–Crippen MR) is 86.4 cm³/mol. The van der Waals surface area contributed by atoms with E-state index < -0.39 is 6.61 Å². The van der Waals surface area contributed by atoms with E-state index in [9.17, 15) is 13.6 Å². The van der Waals surface area contributed by atoms with E-state index in [1.54, 1.807) is 12.1 Å². The molecule has 2 rings (SSSR count). The molecule has 1 aliphatic rings. The maximum absolute atomic E-state index is 12.4. The molecule has 0 heterocycles.